The lowest BCUT2D eigenvalue weighted by molar-refractivity contribution is 0.0299. The molecule has 3 rings (SSSR count). The van der Waals surface area contributed by atoms with E-state index in [1.807, 2.05) is 12.4 Å². The van der Waals surface area contributed by atoms with Crippen LogP contribution in [0.25, 0.3) is 0 Å². The molecular weight excluding hydrogens is 270 g/mol. The van der Waals surface area contributed by atoms with Crippen LogP contribution in [0.5, 0.6) is 0 Å². The molecule has 2 fully saturated rings. The van der Waals surface area contributed by atoms with E-state index >= 15 is 0 Å². The van der Waals surface area contributed by atoms with Gasteiger partial charge in [-0.25, -0.2) is 9.97 Å². The summed E-state index contributed by atoms with van der Waals surface area (Å²) < 4.78 is 5.79. The summed E-state index contributed by atoms with van der Waals surface area (Å²) in [7, 11) is 0. The molecule has 0 saturated carbocycles. The molecule has 0 radical (unpaired) electrons. The summed E-state index contributed by atoms with van der Waals surface area (Å²) in [5.41, 5.74) is 1.11. The van der Waals surface area contributed by atoms with Gasteiger partial charge in [-0.3, -0.25) is 0 Å². The summed E-state index contributed by atoms with van der Waals surface area (Å²) in [6, 6.07) is 0. The molecule has 4 nitrogen and oxygen atoms in total. The Hall–Kier alpha value is -0.680. The van der Waals surface area contributed by atoms with E-state index in [0.29, 0.717) is 12.2 Å². The Morgan fingerprint density at radius 2 is 1.88 bits per heavy atom. The minimum Gasteiger partial charge on any atom is -0.371 e. The van der Waals surface area contributed by atoms with Gasteiger partial charge in [0.15, 0.2) is 0 Å². The molecule has 0 N–H and O–H groups in total. The molecule has 1 aromatic heterocycles. The van der Waals surface area contributed by atoms with Crippen molar-refractivity contribution in [2.45, 2.75) is 30.4 Å². The van der Waals surface area contributed by atoms with Crippen molar-refractivity contribution in [2.24, 2.45) is 0 Å². The Bertz CT molecular complexity index is 358. The van der Waals surface area contributed by atoms with Gasteiger partial charge in [-0.1, -0.05) is 15.9 Å². The van der Waals surface area contributed by atoms with Crippen LogP contribution < -0.4 is 4.90 Å². The van der Waals surface area contributed by atoms with Crippen molar-refractivity contribution in [3.63, 3.8) is 0 Å². The van der Waals surface area contributed by atoms with Crippen LogP contribution in [0.1, 0.15) is 18.4 Å². The third-order valence-corrected chi connectivity index (χ3v) is 3.82. The molecule has 0 aromatic carbocycles. The van der Waals surface area contributed by atoms with Crippen LogP contribution in [0.15, 0.2) is 12.4 Å². The van der Waals surface area contributed by atoms with Crippen LogP contribution >= 0.6 is 15.9 Å². The van der Waals surface area contributed by atoms with Crippen LogP contribution in [0.3, 0.4) is 0 Å². The van der Waals surface area contributed by atoms with Crippen LogP contribution in [-0.2, 0) is 10.1 Å². The van der Waals surface area contributed by atoms with Gasteiger partial charge >= 0.3 is 0 Å². The number of nitrogens with zero attached hydrogens (tertiary/aromatic N) is 3. The number of ether oxygens (including phenoxy) is 1. The molecule has 0 aliphatic carbocycles. The number of halogens is 1. The summed E-state index contributed by atoms with van der Waals surface area (Å²) in [6.07, 6.45) is 6.90. The van der Waals surface area contributed by atoms with E-state index < -0.39 is 0 Å². The molecule has 16 heavy (non-hydrogen) atoms. The van der Waals surface area contributed by atoms with Crippen molar-refractivity contribution >= 4 is 21.9 Å². The van der Waals surface area contributed by atoms with E-state index in [1.165, 1.54) is 12.8 Å². The van der Waals surface area contributed by atoms with Gasteiger partial charge in [-0.2, -0.15) is 0 Å². The van der Waals surface area contributed by atoms with E-state index in [4.69, 9.17) is 4.74 Å². The molecule has 3 heterocycles. The van der Waals surface area contributed by atoms with Gasteiger partial charge in [-0.05, 0) is 18.4 Å². The fraction of sp³-hybridized carbons (Fsp3) is 0.636. The molecule has 5 heteroatoms. The van der Waals surface area contributed by atoms with Crippen LogP contribution in [0.2, 0.25) is 0 Å². The normalized spacial score (nSPS) is 28.4. The summed E-state index contributed by atoms with van der Waals surface area (Å²) in [5.74, 6) is 0.838. The van der Waals surface area contributed by atoms with Crippen LogP contribution in [0, 0.1) is 0 Å². The minimum atomic E-state index is 0.387. The molecule has 86 valence electrons. The average Bonchev–Trinajstić information content (AvgIpc) is 2.68. The Balaban J connectivity index is 1.76. The molecule has 2 aliphatic rings. The lowest BCUT2D eigenvalue weighted by atomic mass is 10.2. The smallest absolute Gasteiger partial charge is 0.225 e. The van der Waals surface area contributed by atoms with Gasteiger partial charge in [0, 0.05) is 30.8 Å². The standard InChI is InChI=1S/C11H14BrN3O/c12-3-8-4-13-11(14-5-8)15-6-9-1-2-10(7-15)16-9/h4-5,9-10H,1-3,6-7H2. The van der Waals surface area contributed by atoms with E-state index in [2.05, 4.69) is 30.8 Å². The maximum absolute atomic E-state index is 5.79. The summed E-state index contributed by atoms with van der Waals surface area (Å²) >= 11 is 3.39. The predicted octanol–water partition coefficient (Wildman–Crippen LogP) is 1.74. The fourth-order valence-corrected chi connectivity index (χ4v) is 2.65. The topological polar surface area (TPSA) is 38.2 Å². The molecule has 0 amide bonds. The molecule has 2 aliphatic heterocycles. The lowest BCUT2D eigenvalue weighted by Crippen LogP contribution is -2.43. The Morgan fingerprint density at radius 1 is 1.25 bits per heavy atom. The van der Waals surface area contributed by atoms with Crippen LogP contribution in [0.4, 0.5) is 5.95 Å². The van der Waals surface area contributed by atoms with Crippen molar-refractivity contribution < 1.29 is 4.74 Å². The zero-order valence-corrected chi connectivity index (χ0v) is 10.6. The highest BCUT2D eigenvalue weighted by atomic mass is 79.9. The maximum atomic E-state index is 5.79. The van der Waals surface area contributed by atoms with Gasteiger partial charge in [0.25, 0.3) is 0 Å². The molecule has 2 bridgehead atoms. The Kier molecular flexibility index (Phi) is 2.81. The van der Waals surface area contributed by atoms with Gasteiger partial charge < -0.3 is 9.64 Å². The first kappa shape index (κ1) is 10.5. The summed E-state index contributed by atoms with van der Waals surface area (Å²) in [4.78, 5) is 11.0. The van der Waals surface area contributed by atoms with E-state index in [-0.39, 0.29) is 0 Å². The molecule has 1 aromatic rings. The van der Waals surface area contributed by atoms with Gasteiger partial charge in [0.2, 0.25) is 5.95 Å². The SMILES string of the molecule is BrCc1cnc(N2CC3CCC(C2)O3)nc1. The number of hydrogen-bond acceptors (Lipinski definition) is 4. The number of anilines is 1. The molecular formula is C11H14BrN3O. The monoisotopic (exact) mass is 283 g/mol. The third kappa shape index (κ3) is 1.94. The number of morpholine rings is 1. The maximum Gasteiger partial charge on any atom is 0.225 e. The second kappa shape index (κ2) is 4.30. The van der Waals surface area contributed by atoms with E-state index in [0.717, 1.165) is 29.9 Å². The van der Waals surface area contributed by atoms with E-state index in [1.54, 1.807) is 0 Å². The van der Waals surface area contributed by atoms with Gasteiger partial charge in [0.1, 0.15) is 0 Å². The fourth-order valence-electron chi connectivity index (χ4n) is 2.36. The Labute approximate surface area is 103 Å². The third-order valence-electron chi connectivity index (χ3n) is 3.17. The number of fused-ring (bicyclic) bond motifs is 2. The zero-order chi connectivity index (χ0) is 11.0. The number of rotatable bonds is 2. The van der Waals surface area contributed by atoms with Crippen molar-refractivity contribution in [3.05, 3.63) is 18.0 Å². The van der Waals surface area contributed by atoms with Crippen molar-refractivity contribution in [3.8, 4) is 0 Å². The number of aromatic nitrogens is 2. The minimum absolute atomic E-state index is 0.387. The first-order chi connectivity index (χ1) is 7.85. The summed E-state index contributed by atoms with van der Waals surface area (Å²) in [5, 5.41) is 0.807. The summed E-state index contributed by atoms with van der Waals surface area (Å²) in [6.45, 7) is 1.87. The highest BCUT2D eigenvalue weighted by Crippen LogP contribution is 2.27. The van der Waals surface area contributed by atoms with Crippen molar-refractivity contribution in [1.29, 1.82) is 0 Å². The predicted molar refractivity (Wildman–Crippen MR) is 64.8 cm³/mol. The van der Waals surface area contributed by atoms with Gasteiger partial charge in [0.05, 0.1) is 12.2 Å². The second-order valence-electron chi connectivity index (χ2n) is 4.39. The largest absolute Gasteiger partial charge is 0.371 e. The molecule has 2 saturated heterocycles. The first-order valence-corrected chi connectivity index (χ1v) is 6.74. The number of alkyl halides is 1. The van der Waals surface area contributed by atoms with E-state index in [9.17, 15) is 0 Å². The second-order valence-corrected chi connectivity index (χ2v) is 4.95. The quantitative estimate of drug-likeness (QED) is 0.775. The molecule has 2 atom stereocenters. The van der Waals surface area contributed by atoms with Crippen molar-refractivity contribution in [2.75, 3.05) is 18.0 Å². The highest BCUT2D eigenvalue weighted by molar-refractivity contribution is 9.08. The lowest BCUT2D eigenvalue weighted by Gasteiger charge is -2.31. The Morgan fingerprint density at radius 3 is 2.44 bits per heavy atom. The zero-order valence-electron chi connectivity index (χ0n) is 8.97. The highest BCUT2D eigenvalue weighted by Gasteiger charge is 2.34. The van der Waals surface area contributed by atoms with Crippen LogP contribution in [-0.4, -0.2) is 35.3 Å². The molecule has 0 spiro atoms. The van der Waals surface area contributed by atoms with Gasteiger partial charge in [-0.15, -0.1) is 0 Å². The first-order valence-electron chi connectivity index (χ1n) is 5.62. The van der Waals surface area contributed by atoms with Crippen molar-refractivity contribution in [1.82, 2.24) is 9.97 Å². The molecule has 2 unspecified atom stereocenters. The average molecular weight is 284 g/mol. The number of hydrogen-bond donors (Lipinski definition) is 0.